The summed E-state index contributed by atoms with van der Waals surface area (Å²) >= 11 is 0. The molecule has 0 N–H and O–H groups in total. The average Bonchev–Trinajstić information content (AvgIpc) is 4.06. The maximum absolute atomic E-state index is 2.93. The molecule has 0 saturated heterocycles. The van der Waals surface area contributed by atoms with E-state index in [0.29, 0.717) is 0 Å². The van der Waals surface area contributed by atoms with Gasteiger partial charge in [0.25, 0.3) is 0 Å². The van der Waals surface area contributed by atoms with Crippen molar-refractivity contribution < 1.29 is 0 Å². The van der Waals surface area contributed by atoms with Gasteiger partial charge >= 0.3 is 0 Å². The normalized spacial score (nSPS) is 11.7. The number of nitrogens with zero attached hydrogens (tertiary/aromatic N) is 2. The summed E-state index contributed by atoms with van der Waals surface area (Å²) in [7, 11) is -2.93. The van der Waals surface area contributed by atoms with Crippen LogP contribution in [0.2, 0.25) is 0 Å². The molecule has 0 unspecified atom stereocenters. The molecule has 352 valence electrons. The van der Waals surface area contributed by atoms with Gasteiger partial charge in [0.1, 0.15) is 0 Å². The van der Waals surface area contributed by atoms with Crippen LogP contribution in [0.3, 0.4) is 0 Å². The van der Waals surface area contributed by atoms with Crippen molar-refractivity contribution in [3.63, 3.8) is 0 Å². The van der Waals surface area contributed by atoms with E-state index in [2.05, 4.69) is 312 Å². The molecule has 0 aliphatic rings. The van der Waals surface area contributed by atoms with Crippen LogP contribution in [0.5, 0.6) is 0 Å². The quantitative estimate of drug-likeness (QED) is 0.0955. The molecule has 2 nitrogen and oxygen atoms in total. The SMILES string of the molecule is c1ccc(-c2cccc([Si](c3ccccc3)(c3ccccc3)c3cccc(-n4c5ccccc5c5cc(-c6cccc7c8ccccc8n(-c8ccc(-c9ccccc9)cc8-c8ccccc8)c67)ccc54)c3)c2)cc1. The van der Waals surface area contributed by atoms with Crippen LogP contribution in [0.4, 0.5) is 0 Å². The number of aromatic nitrogens is 2. The van der Waals surface area contributed by atoms with Gasteiger partial charge in [-0.25, -0.2) is 0 Å². The van der Waals surface area contributed by atoms with Crippen molar-refractivity contribution in [2.24, 2.45) is 0 Å². The molecule has 0 atom stereocenters. The molecular weight excluding hydrogens is 921 g/mol. The zero-order chi connectivity index (χ0) is 49.7. The Morgan fingerprint density at radius 1 is 0.227 bits per heavy atom. The topological polar surface area (TPSA) is 9.86 Å². The second kappa shape index (κ2) is 18.5. The van der Waals surface area contributed by atoms with E-state index in [-0.39, 0.29) is 0 Å². The summed E-state index contributed by atoms with van der Waals surface area (Å²) < 4.78 is 5.01. The lowest BCUT2D eigenvalue weighted by atomic mass is 9.96. The fourth-order valence-corrected chi connectivity index (χ4v) is 16.9. The smallest absolute Gasteiger partial charge is 0.179 e. The third-order valence-electron chi connectivity index (χ3n) is 15.5. The van der Waals surface area contributed by atoms with E-state index in [1.807, 2.05) is 0 Å². The van der Waals surface area contributed by atoms with Gasteiger partial charge in [0.2, 0.25) is 0 Å². The number of hydrogen-bond acceptors (Lipinski definition) is 0. The Bertz CT molecular complexity index is 4350. The summed E-state index contributed by atoms with van der Waals surface area (Å²) in [5.74, 6) is 0. The molecule has 0 fully saturated rings. The molecule has 0 spiro atoms. The molecule has 0 radical (unpaired) electrons. The first-order chi connectivity index (χ1) is 37.2. The van der Waals surface area contributed by atoms with E-state index in [4.69, 9.17) is 0 Å². The van der Waals surface area contributed by atoms with Crippen LogP contribution in [0.1, 0.15) is 0 Å². The van der Waals surface area contributed by atoms with Gasteiger partial charge in [0.05, 0.1) is 27.8 Å². The zero-order valence-corrected chi connectivity index (χ0v) is 42.3. The minimum atomic E-state index is -2.93. The van der Waals surface area contributed by atoms with Crippen LogP contribution < -0.4 is 20.7 Å². The van der Waals surface area contributed by atoms with Crippen molar-refractivity contribution >= 4 is 72.4 Å². The third-order valence-corrected chi connectivity index (χ3v) is 20.2. The summed E-state index contributed by atoms with van der Waals surface area (Å²) in [6.07, 6.45) is 0. The van der Waals surface area contributed by atoms with Crippen molar-refractivity contribution in [2.45, 2.75) is 0 Å². The van der Waals surface area contributed by atoms with Gasteiger partial charge in [-0.1, -0.05) is 255 Å². The van der Waals surface area contributed by atoms with Crippen LogP contribution in [0.25, 0.3) is 99.5 Å². The lowest BCUT2D eigenvalue weighted by Gasteiger charge is -2.35. The van der Waals surface area contributed by atoms with Crippen LogP contribution in [0, 0.1) is 0 Å². The van der Waals surface area contributed by atoms with Gasteiger partial charge in [-0.3, -0.25) is 0 Å². The Morgan fingerprint density at radius 2 is 0.680 bits per heavy atom. The molecular formula is C72H50N2Si. The molecule has 3 heteroatoms. The Kier molecular flexibility index (Phi) is 10.9. The molecule has 0 aliphatic carbocycles. The number of para-hydroxylation sites is 3. The zero-order valence-electron chi connectivity index (χ0n) is 41.3. The first-order valence-electron chi connectivity index (χ1n) is 25.9. The highest BCUT2D eigenvalue weighted by atomic mass is 28.3. The summed E-state index contributed by atoms with van der Waals surface area (Å²) in [6.45, 7) is 0. The van der Waals surface area contributed by atoms with E-state index >= 15 is 0 Å². The first-order valence-corrected chi connectivity index (χ1v) is 27.9. The number of benzene rings is 12. The molecule has 75 heavy (non-hydrogen) atoms. The maximum atomic E-state index is 2.52. The van der Waals surface area contributed by atoms with E-state index < -0.39 is 8.07 Å². The van der Waals surface area contributed by atoms with Crippen LogP contribution in [0.15, 0.2) is 303 Å². The largest absolute Gasteiger partial charge is 0.309 e. The van der Waals surface area contributed by atoms with Gasteiger partial charge in [-0.2, -0.15) is 0 Å². The van der Waals surface area contributed by atoms with E-state index in [9.17, 15) is 0 Å². The van der Waals surface area contributed by atoms with Crippen molar-refractivity contribution in [3.8, 4) is 55.9 Å². The van der Waals surface area contributed by atoms with Crippen LogP contribution in [-0.2, 0) is 0 Å². The average molecular weight is 971 g/mol. The highest BCUT2D eigenvalue weighted by Gasteiger charge is 2.42. The maximum Gasteiger partial charge on any atom is 0.179 e. The Labute approximate surface area is 438 Å². The summed E-state index contributed by atoms with van der Waals surface area (Å²) in [6, 6.07) is 112. The van der Waals surface area contributed by atoms with Crippen molar-refractivity contribution in [1.29, 1.82) is 0 Å². The van der Waals surface area contributed by atoms with Crippen molar-refractivity contribution in [1.82, 2.24) is 9.13 Å². The lowest BCUT2D eigenvalue weighted by molar-refractivity contribution is 1.18. The third kappa shape index (κ3) is 7.39. The monoisotopic (exact) mass is 970 g/mol. The Morgan fingerprint density at radius 3 is 1.33 bits per heavy atom. The van der Waals surface area contributed by atoms with Gasteiger partial charge in [-0.15, -0.1) is 0 Å². The number of hydrogen-bond donors (Lipinski definition) is 0. The second-order valence-corrected chi connectivity index (χ2v) is 23.4. The predicted molar refractivity (Wildman–Crippen MR) is 320 cm³/mol. The molecule has 0 saturated carbocycles. The number of rotatable bonds is 10. The molecule has 12 aromatic carbocycles. The van der Waals surface area contributed by atoms with Gasteiger partial charge in [0.15, 0.2) is 8.07 Å². The standard InChI is InChI=1S/C72H50N2Si/c1-6-23-51(24-7-1)54-29-20-35-60(47-54)75(58-31-12-4-13-32-58,59-33-14-5-15-34-59)61-36-21-30-57(50-61)73-68-41-18-17-38-64(68)67-49-56(44-46-71(67)73)62-39-22-40-65-63-37-16-19-42-69(63)74(72(62)65)70-45-43-55(52-25-8-2-9-26-52)48-66(70)53-27-10-3-11-28-53/h1-50H. The van der Waals surface area contributed by atoms with Gasteiger partial charge < -0.3 is 9.13 Å². The van der Waals surface area contributed by atoms with Crippen molar-refractivity contribution in [2.75, 3.05) is 0 Å². The highest BCUT2D eigenvalue weighted by molar-refractivity contribution is 7.20. The second-order valence-electron chi connectivity index (χ2n) is 19.6. The first kappa shape index (κ1) is 44.2. The van der Waals surface area contributed by atoms with Crippen LogP contribution >= 0.6 is 0 Å². The molecule has 0 bridgehead atoms. The van der Waals surface area contributed by atoms with Crippen LogP contribution in [-0.4, -0.2) is 17.2 Å². The Hall–Kier alpha value is -9.54. The molecule has 0 aliphatic heterocycles. The van der Waals surface area contributed by atoms with Crippen molar-refractivity contribution in [3.05, 3.63) is 303 Å². The fourth-order valence-electron chi connectivity index (χ4n) is 12.1. The molecule has 0 amide bonds. The summed E-state index contributed by atoms with van der Waals surface area (Å²) in [5, 5.41) is 10.3. The molecule has 14 aromatic rings. The summed E-state index contributed by atoms with van der Waals surface area (Å²) in [4.78, 5) is 0. The van der Waals surface area contributed by atoms with E-state index in [0.717, 1.165) is 11.4 Å². The Balaban J connectivity index is 0.976. The molecule has 14 rings (SSSR count). The molecule has 2 heterocycles. The van der Waals surface area contributed by atoms with E-state index in [1.165, 1.54) is 109 Å². The predicted octanol–water partition coefficient (Wildman–Crippen LogP) is 15.9. The van der Waals surface area contributed by atoms with Gasteiger partial charge in [-0.05, 0) is 103 Å². The number of fused-ring (bicyclic) bond motifs is 6. The minimum Gasteiger partial charge on any atom is -0.309 e. The lowest BCUT2D eigenvalue weighted by Crippen LogP contribution is -2.74. The van der Waals surface area contributed by atoms with Gasteiger partial charge in [0, 0.05) is 38.4 Å². The summed E-state index contributed by atoms with van der Waals surface area (Å²) in [5.41, 5.74) is 16.6. The fraction of sp³-hybridized carbons (Fsp3) is 0. The van der Waals surface area contributed by atoms with E-state index in [1.54, 1.807) is 0 Å². The highest BCUT2D eigenvalue weighted by Crippen LogP contribution is 2.43. The minimum absolute atomic E-state index is 1.14. The molecule has 2 aromatic heterocycles.